The van der Waals surface area contributed by atoms with Gasteiger partial charge in [0.15, 0.2) is 0 Å². The Morgan fingerprint density at radius 2 is 2.29 bits per heavy atom. The van der Waals surface area contributed by atoms with Gasteiger partial charge in [-0.15, -0.1) is 0 Å². The molecule has 0 bridgehead atoms. The first kappa shape index (κ1) is 14.2. The van der Waals surface area contributed by atoms with Crippen LogP contribution in [0.4, 0.5) is 5.82 Å². The van der Waals surface area contributed by atoms with E-state index in [9.17, 15) is 0 Å². The zero-order valence-electron chi connectivity index (χ0n) is 10.4. The normalized spacial score (nSPS) is 12.5. The molecule has 0 saturated carbocycles. The van der Waals surface area contributed by atoms with Gasteiger partial charge in [0, 0.05) is 6.61 Å². The Bertz CT molecular complexity index is 347. The minimum Gasteiger partial charge on any atom is -0.375 e. The number of aromatic nitrogens is 1. The van der Waals surface area contributed by atoms with Crippen LogP contribution in [0.25, 0.3) is 0 Å². The van der Waals surface area contributed by atoms with E-state index in [1.807, 2.05) is 0 Å². The van der Waals surface area contributed by atoms with Crippen LogP contribution in [-0.4, -0.2) is 11.6 Å². The molecule has 1 atom stereocenters. The number of nitrogens with two attached hydrogens (primary N) is 1. The largest absolute Gasteiger partial charge is 0.375 e. The highest BCUT2D eigenvalue weighted by Gasteiger charge is 2.06. The lowest BCUT2D eigenvalue weighted by molar-refractivity contribution is 0.0873. The molecule has 1 unspecified atom stereocenters. The molecule has 0 amide bonds. The second-order valence-corrected chi connectivity index (χ2v) is 4.59. The Balaban J connectivity index is 2.45. The third-order valence-corrected chi connectivity index (χ3v) is 2.83. The van der Waals surface area contributed by atoms with Gasteiger partial charge in [-0.1, -0.05) is 31.9 Å². The zero-order valence-corrected chi connectivity index (χ0v) is 11.1. The van der Waals surface area contributed by atoms with Gasteiger partial charge in [-0.05, 0) is 24.5 Å². The van der Waals surface area contributed by atoms with Crippen molar-refractivity contribution < 1.29 is 4.74 Å². The molecule has 1 rings (SSSR count). The summed E-state index contributed by atoms with van der Waals surface area (Å²) in [6, 6.07) is 3.49. The number of nitrogens with zero attached hydrogens (tertiary/aromatic N) is 1. The molecule has 0 saturated heterocycles. The fourth-order valence-electron chi connectivity index (χ4n) is 1.60. The summed E-state index contributed by atoms with van der Waals surface area (Å²) < 4.78 is 5.60. The van der Waals surface area contributed by atoms with E-state index in [-0.39, 0.29) is 0 Å². The third kappa shape index (κ3) is 4.89. The highest BCUT2D eigenvalue weighted by molar-refractivity contribution is 6.31. The van der Waals surface area contributed by atoms with Gasteiger partial charge in [0.25, 0.3) is 0 Å². The van der Waals surface area contributed by atoms with Gasteiger partial charge in [-0.3, -0.25) is 0 Å². The molecular formula is C12H20ClN3O. The summed E-state index contributed by atoms with van der Waals surface area (Å²) in [5, 5.41) is 0.604. The molecule has 0 aliphatic heterocycles. The maximum absolute atomic E-state index is 6.02. The highest BCUT2D eigenvalue weighted by atomic mass is 35.5. The monoisotopic (exact) mass is 257 g/mol. The quantitative estimate of drug-likeness (QED) is 0.582. The molecule has 0 fully saturated rings. The predicted molar refractivity (Wildman–Crippen MR) is 70.8 cm³/mol. The van der Waals surface area contributed by atoms with E-state index in [1.165, 1.54) is 12.8 Å². The van der Waals surface area contributed by atoms with Crippen molar-refractivity contribution in [2.45, 2.75) is 33.3 Å². The molecule has 1 heterocycles. The van der Waals surface area contributed by atoms with Gasteiger partial charge in [0.2, 0.25) is 0 Å². The molecule has 0 aromatic carbocycles. The van der Waals surface area contributed by atoms with Crippen molar-refractivity contribution in [2.24, 2.45) is 11.8 Å². The van der Waals surface area contributed by atoms with Crippen LogP contribution in [0.1, 0.15) is 32.4 Å². The van der Waals surface area contributed by atoms with E-state index in [0.29, 0.717) is 29.1 Å². The van der Waals surface area contributed by atoms with E-state index >= 15 is 0 Å². The van der Waals surface area contributed by atoms with Gasteiger partial charge in [0.05, 0.1) is 17.3 Å². The molecule has 17 heavy (non-hydrogen) atoms. The minimum absolute atomic E-state index is 0.419. The number of hydrogen-bond acceptors (Lipinski definition) is 4. The summed E-state index contributed by atoms with van der Waals surface area (Å²) >= 11 is 6.02. The number of nitrogen functional groups attached to an aromatic ring is 1. The van der Waals surface area contributed by atoms with Gasteiger partial charge in [0.1, 0.15) is 5.82 Å². The van der Waals surface area contributed by atoms with Crippen molar-refractivity contribution in [1.29, 1.82) is 0 Å². The number of halogens is 1. The average molecular weight is 258 g/mol. The minimum atomic E-state index is 0.419. The van der Waals surface area contributed by atoms with Gasteiger partial charge < -0.3 is 10.2 Å². The summed E-state index contributed by atoms with van der Waals surface area (Å²) in [6.07, 6.45) is 2.35. The van der Waals surface area contributed by atoms with E-state index in [2.05, 4.69) is 24.3 Å². The van der Waals surface area contributed by atoms with E-state index in [1.54, 1.807) is 12.1 Å². The molecule has 0 aliphatic carbocycles. The Morgan fingerprint density at radius 1 is 1.53 bits per heavy atom. The molecular weight excluding hydrogens is 238 g/mol. The first-order valence-electron chi connectivity index (χ1n) is 5.87. The topological polar surface area (TPSA) is 60.2 Å². The fourth-order valence-corrected chi connectivity index (χ4v) is 1.76. The Morgan fingerprint density at radius 3 is 2.94 bits per heavy atom. The maximum Gasteiger partial charge on any atom is 0.140 e. The second-order valence-electron chi connectivity index (χ2n) is 4.18. The van der Waals surface area contributed by atoms with Crippen molar-refractivity contribution in [3.8, 4) is 0 Å². The fraction of sp³-hybridized carbons (Fsp3) is 0.583. The lowest BCUT2D eigenvalue weighted by atomic mass is 10.1. The van der Waals surface area contributed by atoms with E-state index in [4.69, 9.17) is 22.2 Å². The molecule has 1 aromatic heterocycles. The maximum atomic E-state index is 6.02. The van der Waals surface area contributed by atoms with Gasteiger partial charge >= 0.3 is 0 Å². The number of ether oxygens (including phenoxy) is 1. The van der Waals surface area contributed by atoms with Crippen LogP contribution in [0.3, 0.4) is 0 Å². The molecule has 96 valence electrons. The standard InChI is InChI=1S/C12H20ClN3O/c1-3-4-9(2)7-17-8-11-10(13)5-6-12(15-11)16-14/h5-6,9H,3-4,7-8,14H2,1-2H3,(H,15,16). The summed E-state index contributed by atoms with van der Waals surface area (Å²) in [5.41, 5.74) is 3.20. The molecule has 3 N–H and O–H groups in total. The average Bonchev–Trinajstić information content (AvgIpc) is 2.32. The lowest BCUT2D eigenvalue weighted by Gasteiger charge is -2.11. The Kier molecular flexibility index (Phi) is 6.26. The molecule has 0 aliphatic rings. The third-order valence-electron chi connectivity index (χ3n) is 2.49. The van der Waals surface area contributed by atoms with E-state index < -0.39 is 0 Å². The van der Waals surface area contributed by atoms with Crippen LogP contribution >= 0.6 is 11.6 Å². The van der Waals surface area contributed by atoms with Crippen LogP contribution in [0.5, 0.6) is 0 Å². The second kappa shape index (κ2) is 7.48. The van der Waals surface area contributed by atoms with Crippen molar-refractivity contribution in [2.75, 3.05) is 12.0 Å². The number of pyridine rings is 1. The summed E-state index contributed by atoms with van der Waals surface area (Å²) in [7, 11) is 0. The Labute approximate surface area is 107 Å². The van der Waals surface area contributed by atoms with Crippen LogP contribution < -0.4 is 11.3 Å². The SMILES string of the molecule is CCCC(C)COCc1nc(NN)ccc1Cl. The van der Waals surface area contributed by atoms with Crippen LogP contribution in [-0.2, 0) is 11.3 Å². The first-order valence-corrected chi connectivity index (χ1v) is 6.25. The Hall–Kier alpha value is -0.840. The van der Waals surface area contributed by atoms with Crippen molar-refractivity contribution in [3.63, 3.8) is 0 Å². The van der Waals surface area contributed by atoms with Crippen molar-refractivity contribution in [1.82, 2.24) is 4.98 Å². The first-order chi connectivity index (χ1) is 8.17. The lowest BCUT2D eigenvalue weighted by Crippen LogP contribution is -2.11. The summed E-state index contributed by atoms with van der Waals surface area (Å²) in [4.78, 5) is 4.24. The molecule has 0 radical (unpaired) electrons. The van der Waals surface area contributed by atoms with Gasteiger partial charge in [-0.25, -0.2) is 10.8 Å². The predicted octanol–water partition coefficient (Wildman–Crippen LogP) is 2.97. The molecule has 1 aromatic rings. The van der Waals surface area contributed by atoms with Crippen LogP contribution in [0, 0.1) is 5.92 Å². The molecule has 0 spiro atoms. The zero-order chi connectivity index (χ0) is 12.7. The number of rotatable bonds is 7. The van der Waals surface area contributed by atoms with Crippen molar-refractivity contribution in [3.05, 3.63) is 22.8 Å². The summed E-state index contributed by atoms with van der Waals surface area (Å²) in [6.45, 7) is 5.50. The molecule has 4 nitrogen and oxygen atoms in total. The molecule has 5 heteroatoms. The van der Waals surface area contributed by atoms with Crippen molar-refractivity contribution >= 4 is 17.4 Å². The number of hydrogen-bond donors (Lipinski definition) is 2. The van der Waals surface area contributed by atoms with Crippen LogP contribution in [0.2, 0.25) is 5.02 Å². The number of hydrazine groups is 1. The number of nitrogens with one attached hydrogen (secondary N) is 1. The van der Waals surface area contributed by atoms with Crippen LogP contribution in [0.15, 0.2) is 12.1 Å². The summed E-state index contributed by atoms with van der Waals surface area (Å²) in [5.74, 6) is 6.45. The van der Waals surface area contributed by atoms with E-state index in [0.717, 1.165) is 6.61 Å². The van der Waals surface area contributed by atoms with Gasteiger partial charge in [-0.2, -0.15) is 0 Å². The smallest absolute Gasteiger partial charge is 0.140 e. The highest BCUT2D eigenvalue weighted by Crippen LogP contribution is 2.17. The number of anilines is 1.